The molecule has 1 saturated heterocycles. The molecule has 23 heavy (non-hydrogen) atoms. The fourth-order valence-corrected chi connectivity index (χ4v) is 3.81. The highest BCUT2D eigenvalue weighted by Gasteiger charge is 2.46. The maximum Gasteiger partial charge on any atom is 0.256 e. The van der Waals surface area contributed by atoms with Gasteiger partial charge in [0.15, 0.2) is 6.23 Å². The molecule has 0 aliphatic carbocycles. The number of fused-ring (bicyclic) bond motifs is 2. The topological polar surface area (TPSA) is 49.8 Å². The average molecular weight is 374 g/mol. The molecule has 5 heteroatoms. The zero-order valence-electron chi connectivity index (χ0n) is 12.4. The lowest BCUT2D eigenvalue weighted by Crippen LogP contribution is -2.45. The van der Waals surface area contributed by atoms with Crippen LogP contribution in [0.15, 0.2) is 53.0 Å². The Kier molecular flexibility index (Phi) is 3.62. The Balaban J connectivity index is 1.65. The summed E-state index contributed by atoms with van der Waals surface area (Å²) in [7, 11) is 0. The van der Waals surface area contributed by atoms with Gasteiger partial charge in [-0.1, -0.05) is 34.1 Å². The van der Waals surface area contributed by atoms with Crippen LogP contribution in [0.3, 0.4) is 0 Å². The van der Waals surface area contributed by atoms with Crippen molar-refractivity contribution >= 4 is 21.8 Å². The van der Waals surface area contributed by atoms with Crippen LogP contribution in [-0.4, -0.2) is 28.7 Å². The van der Waals surface area contributed by atoms with Gasteiger partial charge in [-0.2, -0.15) is 0 Å². The van der Waals surface area contributed by atoms with E-state index in [4.69, 9.17) is 4.74 Å². The number of amides is 1. The Morgan fingerprint density at radius 1 is 1.22 bits per heavy atom. The number of hydrogen-bond acceptors (Lipinski definition) is 3. The van der Waals surface area contributed by atoms with E-state index in [9.17, 15) is 9.90 Å². The summed E-state index contributed by atoms with van der Waals surface area (Å²) >= 11 is 3.42. The van der Waals surface area contributed by atoms with E-state index in [0.717, 1.165) is 16.5 Å². The Morgan fingerprint density at radius 2 is 2.00 bits per heavy atom. The van der Waals surface area contributed by atoms with E-state index in [1.165, 1.54) is 0 Å². The van der Waals surface area contributed by atoms with Crippen LogP contribution in [0.25, 0.3) is 0 Å². The van der Waals surface area contributed by atoms with E-state index in [1.54, 1.807) is 17.0 Å². The summed E-state index contributed by atoms with van der Waals surface area (Å²) in [5, 5.41) is 10.7. The smallest absolute Gasteiger partial charge is 0.256 e. The molecule has 2 aromatic rings. The molecule has 0 radical (unpaired) electrons. The van der Waals surface area contributed by atoms with Crippen molar-refractivity contribution in [2.75, 3.05) is 6.54 Å². The molecular weight excluding hydrogens is 358 g/mol. The van der Waals surface area contributed by atoms with Crippen molar-refractivity contribution < 1.29 is 14.6 Å². The first-order valence-corrected chi connectivity index (χ1v) is 8.44. The van der Waals surface area contributed by atoms with Gasteiger partial charge in [0.25, 0.3) is 5.91 Å². The lowest BCUT2D eigenvalue weighted by molar-refractivity contribution is -0.0324. The highest BCUT2D eigenvalue weighted by atomic mass is 79.9. The fourth-order valence-electron chi connectivity index (χ4n) is 3.44. The molecule has 2 aromatic carbocycles. The van der Waals surface area contributed by atoms with Gasteiger partial charge in [0.2, 0.25) is 0 Å². The van der Waals surface area contributed by atoms with E-state index >= 15 is 0 Å². The monoisotopic (exact) mass is 373 g/mol. The van der Waals surface area contributed by atoms with E-state index in [0.29, 0.717) is 17.9 Å². The number of ether oxygens (including phenoxy) is 1. The lowest BCUT2D eigenvalue weighted by atomic mass is 9.91. The van der Waals surface area contributed by atoms with Crippen LogP contribution in [0.5, 0.6) is 5.75 Å². The minimum Gasteiger partial charge on any atom is -0.470 e. The number of nitrogens with zero attached hydrogens (tertiary/aromatic N) is 1. The van der Waals surface area contributed by atoms with Gasteiger partial charge in [-0.15, -0.1) is 0 Å². The lowest BCUT2D eigenvalue weighted by Gasteiger charge is -2.36. The average Bonchev–Trinajstić information content (AvgIpc) is 3.00. The molecular formula is C18H16BrNO3. The van der Waals surface area contributed by atoms with Crippen molar-refractivity contribution in [3.8, 4) is 5.75 Å². The summed E-state index contributed by atoms with van der Waals surface area (Å²) < 4.78 is 6.97. The minimum absolute atomic E-state index is 0.0501. The number of benzene rings is 2. The molecule has 2 aliphatic heterocycles. The third kappa shape index (κ3) is 2.44. The Labute approximate surface area is 142 Å². The van der Waals surface area contributed by atoms with Gasteiger partial charge < -0.3 is 14.7 Å². The van der Waals surface area contributed by atoms with E-state index in [-0.39, 0.29) is 11.8 Å². The second-order valence-electron chi connectivity index (χ2n) is 5.95. The van der Waals surface area contributed by atoms with E-state index in [2.05, 4.69) is 15.9 Å². The summed E-state index contributed by atoms with van der Waals surface area (Å²) in [5.74, 6) is 0.505. The van der Waals surface area contributed by atoms with Crippen LogP contribution in [-0.2, 0) is 0 Å². The minimum atomic E-state index is -0.616. The molecule has 3 atom stereocenters. The van der Waals surface area contributed by atoms with Crippen LogP contribution in [0, 0.1) is 5.92 Å². The molecule has 0 aromatic heterocycles. The number of hydrogen-bond donors (Lipinski definition) is 1. The standard InChI is InChI=1S/C18H16BrNO3/c19-12-6-7-15-14(10-12)16(21)13-8-9-20(18(13)23-15)17(22)11-4-2-1-3-5-11/h1-7,10,13,16,18,21H,8-9H2/t13-,16-,18+/m1/s1. The summed E-state index contributed by atoms with van der Waals surface area (Å²) in [6.07, 6.45) is -0.294. The summed E-state index contributed by atoms with van der Waals surface area (Å²) in [5.41, 5.74) is 1.43. The first-order chi connectivity index (χ1) is 11.1. The molecule has 0 spiro atoms. The second kappa shape index (κ2) is 5.65. The van der Waals surface area contributed by atoms with Crippen molar-refractivity contribution in [1.29, 1.82) is 0 Å². The summed E-state index contributed by atoms with van der Waals surface area (Å²) in [4.78, 5) is 14.5. The van der Waals surface area contributed by atoms with Crippen LogP contribution >= 0.6 is 15.9 Å². The first kappa shape index (κ1) is 14.7. The molecule has 0 saturated carbocycles. The zero-order valence-corrected chi connectivity index (χ0v) is 13.9. The molecule has 0 unspecified atom stereocenters. The molecule has 2 heterocycles. The number of aliphatic hydroxyl groups is 1. The normalized spacial score (nSPS) is 25.5. The van der Waals surface area contributed by atoms with Gasteiger partial charge in [-0.25, -0.2) is 0 Å². The van der Waals surface area contributed by atoms with Gasteiger partial charge in [0.1, 0.15) is 5.75 Å². The molecule has 1 amide bonds. The van der Waals surface area contributed by atoms with Gasteiger partial charge >= 0.3 is 0 Å². The van der Waals surface area contributed by atoms with Gasteiger partial charge in [-0.3, -0.25) is 4.79 Å². The third-order valence-electron chi connectivity index (χ3n) is 4.60. The molecule has 4 nitrogen and oxygen atoms in total. The van der Waals surface area contributed by atoms with Crippen molar-refractivity contribution in [2.45, 2.75) is 18.8 Å². The van der Waals surface area contributed by atoms with Gasteiger partial charge in [0.05, 0.1) is 6.10 Å². The first-order valence-electron chi connectivity index (χ1n) is 7.65. The number of aliphatic hydroxyl groups excluding tert-OH is 1. The molecule has 1 fully saturated rings. The maximum absolute atomic E-state index is 12.7. The van der Waals surface area contributed by atoms with Gasteiger partial charge in [-0.05, 0) is 36.8 Å². The molecule has 4 rings (SSSR count). The van der Waals surface area contributed by atoms with Crippen molar-refractivity contribution in [2.24, 2.45) is 5.92 Å². The number of carbonyl (C=O) groups excluding carboxylic acids is 1. The predicted molar refractivity (Wildman–Crippen MR) is 89.1 cm³/mol. The van der Waals surface area contributed by atoms with Crippen molar-refractivity contribution in [3.63, 3.8) is 0 Å². The van der Waals surface area contributed by atoms with Crippen molar-refractivity contribution in [3.05, 3.63) is 64.1 Å². The Morgan fingerprint density at radius 3 is 2.78 bits per heavy atom. The molecule has 118 valence electrons. The highest BCUT2D eigenvalue weighted by molar-refractivity contribution is 9.10. The van der Waals surface area contributed by atoms with Crippen molar-refractivity contribution in [1.82, 2.24) is 4.90 Å². The molecule has 1 N–H and O–H groups in total. The highest BCUT2D eigenvalue weighted by Crippen LogP contribution is 2.45. The third-order valence-corrected chi connectivity index (χ3v) is 5.10. The quantitative estimate of drug-likeness (QED) is 0.833. The number of likely N-dealkylation sites (tertiary alicyclic amines) is 1. The second-order valence-corrected chi connectivity index (χ2v) is 6.87. The Hall–Kier alpha value is -1.85. The number of halogens is 1. The van der Waals surface area contributed by atoms with Crippen LogP contribution in [0.1, 0.15) is 28.4 Å². The van der Waals surface area contributed by atoms with E-state index in [1.807, 2.05) is 36.4 Å². The van der Waals surface area contributed by atoms with Crippen LogP contribution < -0.4 is 4.74 Å². The summed E-state index contributed by atoms with van der Waals surface area (Å²) in [6.45, 7) is 0.593. The summed E-state index contributed by atoms with van der Waals surface area (Å²) in [6, 6.07) is 14.8. The SMILES string of the molecule is O=C(c1ccccc1)N1CC[C@@H]2[C@@H](O)c3cc(Br)ccc3O[C@@H]21. The Bertz CT molecular complexity index is 749. The van der Waals surface area contributed by atoms with Crippen LogP contribution in [0.4, 0.5) is 0 Å². The largest absolute Gasteiger partial charge is 0.470 e. The fraction of sp³-hybridized carbons (Fsp3) is 0.278. The zero-order chi connectivity index (χ0) is 16.0. The number of rotatable bonds is 1. The molecule has 2 aliphatic rings. The molecule has 0 bridgehead atoms. The van der Waals surface area contributed by atoms with Gasteiger partial charge in [0, 0.05) is 28.1 Å². The predicted octanol–water partition coefficient (Wildman–Crippen LogP) is 3.36. The van der Waals surface area contributed by atoms with E-state index < -0.39 is 12.3 Å². The van der Waals surface area contributed by atoms with Crippen LogP contribution in [0.2, 0.25) is 0 Å². The maximum atomic E-state index is 12.7. The number of carbonyl (C=O) groups is 1.